The highest BCUT2D eigenvalue weighted by atomic mass is 32.1. The van der Waals surface area contributed by atoms with E-state index in [1.807, 2.05) is 39.0 Å². The van der Waals surface area contributed by atoms with Crippen LogP contribution >= 0.6 is 11.3 Å². The highest BCUT2D eigenvalue weighted by Crippen LogP contribution is 2.25. The molecule has 0 unspecified atom stereocenters. The van der Waals surface area contributed by atoms with Gasteiger partial charge < -0.3 is 19.6 Å². The minimum Gasteiger partial charge on any atom is -0.484 e. The summed E-state index contributed by atoms with van der Waals surface area (Å²) in [6, 6.07) is 5.37. The number of nitrogens with one attached hydrogen (secondary N) is 1. The molecular weight excluding hydrogens is 354 g/mol. The number of aromatic nitrogens is 2. The number of oxazole rings is 1. The number of benzene rings is 1. The van der Waals surface area contributed by atoms with Crippen molar-refractivity contribution in [1.82, 2.24) is 15.3 Å². The molecule has 0 saturated heterocycles. The van der Waals surface area contributed by atoms with Gasteiger partial charge in [-0.15, -0.1) is 11.3 Å². The first-order valence-electron chi connectivity index (χ1n) is 8.32. The van der Waals surface area contributed by atoms with Crippen LogP contribution in [0.4, 0.5) is 0 Å². The second kappa shape index (κ2) is 7.84. The molecule has 0 aliphatic heterocycles. The van der Waals surface area contributed by atoms with Crippen LogP contribution in [0.3, 0.4) is 0 Å². The Hall–Kier alpha value is -2.45. The molecule has 0 aliphatic rings. The smallest absolute Gasteiger partial charge is 0.273 e. The highest BCUT2D eigenvalue weighted by Gasteiger charge is 2.19. The predicted octanol–water partition coefficient (Wildman–Crippen LogP) is 2.92. The van der Waals surface area contributed by atoms with E-state index in [1.165, 1.54) is 6.26 Å². The lowest BCUT2D eigenvalue weighted by Gasteiger charge is -2.18. The number of fused-ring (bicyclic) bond motifs is 1. The Morgan fingerprint density at radius 2 is 2.19 bits per heavy atom. The molecule has 7 nitrogen and oxygen atoms in total. The number of aliphatic hydroxyl groups is 1. The number of ether oxygens (including phenoxy) is 1. The monoisotopic (exact) mass is 375 g/mol. The fourth-order valence-electron chi connectivity index (χ4n) is 2.40. The van der Waals surface area contributed by atoms with Crippen molar-refractivity contribution in [2.24, 2.45) is 5.92 Å². The van der Waals surface area contributed by atoms with Crippen molar-refractivity contribution in [3.63, 3.8) is 0 Å². The molecule has 0 saturated carbocycles. The Balaban J connectivity index is 1.61. The Bertz CT molecular complexity index is 903. The summed E-state index contributed by atoms with van der Waals surface area (Å²) in [5.74, 6) is 0.692. The maximum absolute atomic E-state index is 12.2. The van der Waals surface area contributed by atoms with Crippen molar-refractivity contribution in [2.75, 3.05) is 6.61 Å². The zero-order chi connectivity index (χ0) is 18.7. The molecule has 3 rings (SSSR count). The minimum atomic E-state index is -0.382. The average Bonchev–Trinajstić information content (AvgIpc) is 3.22. The zero-order valence-electron chi connectivity index (χ0n) is 14.9. The maximum Gasteiger partial charge on any atom is 0.273 e. The number of carbonyl (C=O) groups excluding carboxylic acids is 1. The van der Waals surface area contributed by atoms with E-state index in [2.05, 4.69) is 15.3 Å². The molecular formula is C18H21N3O4S. The molecule has 1 aromatic carbocycles. The van der Waals surface area contributed by atoms with Crippen molar-refractivity contribution in [3.8, 4) is 5.75 Å². The molecule has 0 radical (unpaired) electrons. The van der Waals surface area contributed by atoms with Crippen LogP contribution < -0.4 is 10.1 Å². The lowest BCUT2D eigenvalue weighted by molar-refractivity contribution is 0.0891. The van der Waals surface area contributed by atoms with Crippen LogP contribution in [0.15, 0.2) is 28.9 Å². The molecule has 3 aromatic rings. The van der Waals surface area contributed by atoms with E-state index < -0.39 is 0 Å². The Labute approximate surface area is 155 Å². The molecule has 1 atom stereocenters. The van der Waals surface area contributed by atoms with E-state index in [0.717, 1.165) is 15.2 Å². The zero-order valence-corrected chi connectivity index (χ0v) is 15.7. The number of carbonyl (C=O) groups is 1. The first kappa shape index (κ1) is 18.3. The number of nitrogens with zero attached hydrogens (tertiary/aromatic N) is 2. The summed E-state index contributed by atoms with van der Waals surface area (Å²) in [6.07, 6.45) is 1.29. The van der Waals surface area contributed by atoms with Crippen molar-refractivity contribution in [2.45, 2.75) is 33.4 Å². The Kier molecular flexibility index (Phi) is 5.53. The number of aryl methyl sites for hydroxylation is 1. The van der Waals surface area contributed by atoms with Gasteiger partial charge in [0.2, 0.25) is 5.89 Å². The second-order valence-electron chi connectivity index (χ2n) is 6.28. The van der Waals surface area contributed by atoms with Crippen molar-refractivity contribution < 1.29 is 19.1 Å². The molecule has 26 heavy (non-hydrogen) atoms. The topological polar surface area (TPSA) is 97.5 Å². The summed E-state index contributed by atoms with van der Waals surface area (Å²) in [5.41, 5.74) is 1.05. The van der Waals surface area contributed by atoms with Crippen LogP contribution in [0.25, 0.3) is 10.2 Å². The van der Waals surface area contributed by atoms with Gasteiger partial charge >= 0.3 is 0 Å². The van der Waals surface area contributed by atoms with Crippen LogP contribution in [0.2, 0.25) is 0 Å². The van der Waals surface area contributed by atoms with Crippen LogP contribution in [0, 0.1) is 12.8 Å². The first-order chi connectivity index (χ1) is 12.5. The summed E-state index contributed by atoms with van der Waals surface area (Å²) in [5, 5.41) is 13.0. The van der Waals surface area contributed by atoms with E-state index >= 15 is 0 Å². The summed E-state index contributed by atoms with van der Waals surface area (Å²) >= 11 is 1.63. The van der Waals surface area contributed by atoms with Crippen molar-refractivity contribution in [3.05, 3.63) is 41.1 Å². The molecule has 2 N–H and O–H groups in total. The number of amides is 1. The molecule has 0 bridgehead atoms. The maximum atomic E-state index is 12.2. The van der Waals surface area contributed by atoms with Gasteiger partial charge in [0.05, 0.1) is 27.9 Å². The summed E-state index contributed by atoms with van der Waals surface area (Å²) in [6.45, 7) is 5.78. The number of thiazole rings is 1. The fraction of sp³-hybridized carbons (Fsp3) is 0.389. The number of aliphatic hydroxyl groups excluding tert-OH is 1. The standard InChI is InChI=1S/C18H21N3O4S/c1-10(2)14(7-22)21-18(23)15-8-25-17(20-15)9-24-12-4-5-16-13(6-12)19-11(3)26-16/h4-6,8,10,14,22H,7,9H2,1-3H3,(H,21,23)/t14-/m0/s1. The SMILES string of the molecule is Cc1nc2cc(OCc3nc(C(=O)N[C@@H](CO)C(C)C)co3)ccc2s1. The third-order valence-electron chi connectivity index (χ3n) is 3.93. The second-order valence-corrected chi connectivity index (χ2v) is 7.52. The van der Waals surface area contributed by atoms with E-state index in [0.29, 0.717) is 11.6 Å². The van der Waals surface area contributed by atoms with Gasteiger partial charge in [0.1, 0.15) is 12.0 Å². The van der Waals surface area contributed by atoms with Gasteiger partial charge in [-0.1, -0.05) is 13.8 Å². The number of hydrogen-bond acceptors (Lipinski definition) is 7. The Morgan fingerprint density at radius 3 is 2.92 bits per heavy atom. The van der Waals surface area contributed by atoms with Gasteiger partial charge in [-0.25, -0.2) is 9.97 Å². The average molecular weight is 375 g/mol. The lowest BCUT2D eigenvalue weighted by Crippen LogP contribution is -2.41. The minimum absolute atomic E-state index is 0.107. The molecule has 8 heteroatoms. The van der Waals surface area contributed by atoms with Crippen LogP contribution in [0.1, 0.15) is 35.2 Å². The summed E-state index contributed by atoms with van der Waals surface area (Å²) in [4.78, 5) is 20.7. The molecule has 138 valence electrons. The molecule has 0 fully saturated rings. The number of hydrogen-bond donors (Lipinski definition) is 2. The van der Waals surface area contributed by atoms with Gasteiger partial charge in [-0.2, -0.15) is 0 Å². The largest absolute Gasteiger partial charge is 0.484 e. The molecule has 0 aliphatic carbocycles. The summed E-state index contributed by atoms with van der Waals surface area (Å²) in [7, 11) is 0. The molecule has 0 spiro atoms. The van der Waals surface area contributed by atoms with Gasteiger partial charge in [0.25, 0.3) is 5.91 Å². The number of rotatable bonds is 7. The first-order valence-corrected chi connectivity index (χ1v) is 9.14. The quantitative estimate of drug-likeness (QED) is 0.659. The fourth-order valence-corrected chi connectivity index (χ4v) is 3.21. The third-order valence-corrected chi connectivity index (χ3v) is 4.88. The van der Waals surface area contributed by atoms with E-state index in [1.54, 1.807) is 11.3 Å². The van der Waals surface area contributed by atoms with Gasteiger partial charge in [-0.05, 0) is 25.0 Å². The van der Waals surface area contributed by atoms with Gasteiger partial charge in [-0.3, -0.25) is 4.79 Å². The summed E-state index contributed by atoms with van der Waals surface area (Å²) < 4.78 is 12.1. The molecule has 2 heterocycles. The third kappa shape index (κ3) is 4.20. The van der Waals surface area contributed by atoms with Gasteiger partial charge in [0.15, 0.2) is 12.3 Å². The normalized spacial score (nSPS) is 12.5. The van der Waals surface area contributed by atoms with Gasteiger partial charge in [0, 0.05) is 6.07 Å². The van der Waals surface area contributed by atoms with Crippen LogP contribution in [0.5, 0.6) is 5.75 Å². The van der Waals surface area contributed by atoms with E-state index in [4.69, 9.17) is 9.15 Å². The van der Waals surface area contributed by atoms with Crippen LogP contribution in [-0.4, -0.2) is 33.6 Å². The van der Waals surface area contributed by atoms with Crippen molar-refractivity contribution >= 4 is 27.5 Å². The molecule has 2 aromatic heterocycles. The highest BCUT2D eigenvalue weighted by molar-refractivity contribution is 7.18. The predicted molar refractivity (Wildman–Crippen MR) is 98.4 cm³/mol. The molecule has 1 amide bonds. The Morgan fingerprint density at radius 1 is 1.38 bits per heavy atom. The lowest BCUT2D eigenvalue weighted by atomic mass is 10.1. The van der Waals surface area contributed by atoms with E-state index in [9.17, 15) is 9.90 Å². The van der Waals surface area contributed by atoms with Crippen molar-refractivity contribution in [1.29, 1.82) is 0 Å². The van der Waals surface area contributed by atoms with Crippen LogP contribution in [-0.2, 0) is 6.61 Å². The van der Waals surface area contributed by atoms with E-state index in [-0.39, 0.29) is 36.8 Å².